The third kappa shape index (κ3) is 4.80. The summed E-state index contributed by atoms with van der Waals surface area (Å²) in [4.78, 5) is 18.2. The zero-order valence-electron chi connectivity index (χ0n) is 17.8. The summed E-state index contributed by atoms with van der Waals surface area (Å²) in [5.41, 5.74) is 1.56. The largest absolute Gasteiger partial charge is 0.302 e. The second kappa shape index (κ2) is 9.39. The van der Waals surface area contributed by atoms with Crippen LogP contribution < -0.4 is 5.32 Å². The molecule has 7 nitrogen and oxygen atoms in total. The van der Waals surface area contributed by atoms with E-state index in [0.717, 1.165) is 10.4 Å². The average molecular weight is 485 g/mol. The quantitative estimate of drug-likeness (QED) is 0.586. The Labute approximate surface area is 195 Å². The van der Waals surface area contributed by atoms with Crippen LogP contribution >= 0.6 is 11.3 Å². The summed E-state index contributed by atoms with van der Waals surface area (Å²) < 4.78 is 40.5. The van der Waals surface area contributed by atoms with Gasteiger partial charge in [0.15, 0.2) is 5.13 Å². The zero-order valence-corrected chi connectivity index (χ0v) is 19.4. The molecule has 0 spiro atoms. The Kier molecular flexibility index (Phi) is 6.56. The molecule has 4 rings (SSSR count). The van der Waals surface area contributed by atoms with Crippen molar-refractivity contribution in [1.82, 2.24) is 9.29 Å². The van der Waals surface area contributed by atoms with E-state index in [0.29, 0.717) is 23.7 Å². The van der Waals surface area contributed by atoms with Crippen molar-refractivity contribution in [2.45, 2.75) is 24.7 Å². The topological polar surface area (TPSA) is 103 Å². The summed E-state index contributed by atoms with van der Waals surface area (Å²) >= 11 is 1.34. The number of carbonyl (C=O) groups is 1. The maximum atomic E-state index is 13.2. The van der Waals surface area contributed by atoms with Gasteiger partial charge in [0.2, 0.25) is 15.9 Å². The summed E-state index contributed by atoms with van der Waals surface area (Å²) in [5, 5.41) is 12.5. The molecular formula is C23H21FN4O3S2. The molecule has 1 N–H and O–H groups in total. The lowest BCUT2D eigenvalue weighted by atomic mass is 9.97. The van der Waals surface area contributed by atoms with Crippen LogP contribution in [0.1, 0.15) is 23.3 Å². The molecule has 3 aromatic rings. The first kappa shape index (κ1) is 23.0. The molecule has 1 aliphatic heterocycles. The van der Waals surface area contributed by atoms with Gasteiger partial charge in [0.1, 0.15) is 11.9 Å². The van der Waals surface area contributed by atoms with E-state index < -0.39 is 10.0 Å². The fourth-order valence-electron chi connectivity index (χ4n) is 3.81. The maximum Gasteiger partial charge on any atom is 0.244 e. The van der Waals surface area contributed by atoms with Gasteiger partial charge in [-0.05, 0) is 56.2 Å². The van der Waals surface area contributed by atoms with Crippen molar-refractivity contribution in [3.63, 3.8) is 0 Å². The summed E-state index contributed by atoms with van der Waals surface area (Å²) in [6, 6.07) is 14.0. The highest BCUT2D eigenvalue weighted by atomic mass is 32.2. The van der Waals surface area contributed by atoms with E-state index in [1.165, 1.54) is 39.9 Å². The minimum atomic E-state index is -3.81. The molecule has 33 heavy (non-hydrogen) atoms. The number of anilines is 1. The van der Waals surface area contributed by atoms with Gasteiger partial charge in [0.05, 0.1) is 16.2 Å². The Morgan fingerprint density at radius 2 is 1.85 bits per heavy atom. The molecule has 1 fully saturated rings. The van der Waals surface area contributed by atoms with E-state index in [2.05, 4.69) is 10.3 Å². The lowest BCUT2D eigenvalue weighted by molar-refractivity contribution is -0.120. The van der Waals surface area contributed by atoms with Gasteiger partial charge in [-0.25, -0.2) is 17.8 Å². The van der Waals surface area contributed by atoms with Crippen LogP contribution in [0.4, 0.5) is 9.52 Å². The van der Waals surface area contributed by atoms with Gasteiger partial charge in [-0.2, -0.15) is 9.57 Å². The van der Waals surface area contributed by atoms with Gasteiger partial charge < -0.3 is 5.32 Å². The minimum absolute atomic E-state index is 0.0121. The summed E-state index contributed by atoms with van der Waals surface area (Å²) in [7, 11) is -3.81. The summed E-state index contributed by atoms with van der Waals surface area (Å²) in [6.07, 6.45) is 0.740. The van der Waals surface area contributed by atoms with Crippen molar-refractivity contribution in [3.05, 3.63) is 64.8 Å². The van der Waals surface area contributed by atoms with E-state index in [4.69, 9.17) is 0 Å². The number of piperidine rings is 1. The van der Waals surface area contributed by atoms with Gasteiger partial charge in [0, 0.05) is 29.4 Å². The van der Waals surface area contributed by atoms with Crippen molar-refractivity contribution in [1.29, 1.82) is 5.26 Å². The van der Waals surface area contributed by atoms with Gasteiger partial charge in [-0.3, -0.25) is 4.79 Å². The Hall–Kier alpha value is -3.13. The highest BCUT2D eigenvalue weighted by Gasteiger charge is 2.33. The SMILES string of the molecule is Cc1sc(NC(=O)C2CCN(S(=O)(=O)c3ccccc3C#N)CC2)nc1-c1ccc(F)cc1. The number of aromatic nitrogens is 1. The van der Waals surface area contributed by atoms with Crippen molar-refractivity contribution in [2.75, 3.05) is 18.4 Å². The predicted octanol–water partition coefficient (Wildman–Crippen LogP) is 4.17. The molecule has 0 bridgehead atoms. The van der Waals surface area contributed by atoms with Crippen LogP contribution in [0.15, 0.2) is 53.4 Å². The second-order valence-corrected chi connectivity index (χ2v) is 10.8. The third-order valence-electron chi connectivity index (χ3n) is 5.59. The van der Waals surface area contributed by atoms with E-state index in [1.54, 1.807) is 24.3 Å². The summed E-state index contributed by atoms with van der Waals surface area (Å²) in [5.74, 6) is -0.880. The van der Waals surface area contributed by atoms with Crippen LogP contribution in [0.2, 0.25) is 0 Å². The van der Waals surface area contributed by atoms with E-state index in [9.17, 15) is 22.9 Å². The van der Waals surface area contributed by atoms with Crippen molar-refractivity contribution < 1.29 is 17.6 Å². The number of thiazole rings is 1. The molecule has 170 valence electrons. The number of hydrogen-bond acceptors (Lipinski definition) is 6. The van der Waals surface area contributed by atoms with Crippen LogP contribution in [0, 0.1) is 30.0 Å². The molecule has 0 aliphatic carbocycles. The first-order chi connectivity index (χ1) is 15.8. The van der Waals surface area contributed by atoms with Gasteiger partial charge in [-0.15, -0.1) is 11.3 Å². The number of rotatable bonds is 5. The first-order valence-corrected chi connectivity index (χ1v) is 12.6. The van der Waals surface area contributed by atoms with Crippen molar-refractivity contribution in [3.8, 4) is 17.3 Å². The van der Waals surface area contributed by atoms with Crippen LogP contribution in [-0.4, -0.2) is 36.7 Å². The predicted molar refractivity (Wildman–Crippen MR) is 124 cm³/mol. The molecule has 0 atom stereocenters. The normalized spacial score (nSPS) is 15.2. The Balaban J connectivity index is 1.41. The van der Waals surface area contributed by atoms with Crippen molar-refractivity contribution >= 4 is 32.4 Å². The number of halogens is 1. The molecule has 0 unspecified atom stereocenters. The Bertz CT molecular complexity index is 1320. The number of nitrogens with one attached hydrogen (secondary N) is 1. The lowest BCUT2D eigenvalue weighted by Gasteiger charge is -2.30. The van der Waals surface area contributed by atoms with E-state index in [-0.39, 0.29) is 41.2 Å². The third-order valence-corrected chi connectivity index (χ3v) is 8.44. The maximum absolute atomic E-state index is 13.2. The minimum Gasteiger partial charge on any atom is -0.302 e. The highest BCUT2D eigenvalue weighted by molar-refractivity contribution is 7.89. The number of nitriles is 1. The van der Waals surface area contributed by atoms with Crippen molar-refractivity contribution in [2.24, 2.45) is 5.92 Å². The molecule has 10 heteroatoms. The molecule has 2 aromatic carbocycles. The van der Waals surface area contributed by atoms with Gasteiger partial charge in [0.25, 0.3) is 0 Å². The Morgan fingerprint density at radius 1 is 1.18 bits per heavy atom. The number of benzene rings is 2. The highest BCUT2D eigenvalue weighted by Crippen LogP contribution is 2.32. The van der Waals surface area contributed by atoms with Crippen LogP contribution in [-0.2, 0) is 14.8 Å². The van der Waals surface area contributed by atoms with Gasteiger partial charge >= 0.3 is 0 Å². The zero-order chi connectivity index (χ0) is 23.6. The van der Waals surface area contributed by atoms with Crippen LogP contribution in [0.3, 0.4) is 0 Å². The van der Waals surface area contributed by atoms with E-state index in [1.807, 2.05) is 13.0 Å². The first-order valence-electron chi connectivity index (χ1n) is 10.3. The van der Waals surface area contributed by atoms with Gasteiger partial charge in [-0.1, -0.05) is 12.1 Å². The molecule has 1 aromatic heterocycles. The molecule has 0 radical (unpaired) electrons. The number of carbonyl (C=O) groups excluding carboxylic acids is 1. The van der Waals surface area contributed by atoms with Crippen LogP contribution in [0.5, 0.6) is 0 Å². The van der Waals surface area contributed by atoms with E-state index >= 15 is 0 Å². The average Bonchev–Trinajstić information content (AvgIpc) is 3.19. The molecule has 1 amide bonds. The number of nitrogens with zero attached hydrogens (tertiary/aromatic N) is 3. The number of hydrogen-bond donors (Lipinski definition) is 1. The smallest absolute Gasteiger partial charge is 0.244 e. The van der Waals surface area contributed by atoms with Crippen LogP contribution in [0.25, 0.3) is 11.3 Å². The fourth-order valence-corrected chi connectivity index (χ4v) is 6.26. The number of aryl methyl sites for hydroxylation is 1. The molecule has 1 aliphatic rings. The number of amides is 1. The standard InChI is InChI=1S/C23H21FN4O3S2/c1-15-21(16-6-8-19(24)9-7-16)26-23(32-15)27-22(29)17-10-12-28(13-11-17)33(30,31)20-5-3-2-4-18(20)14-25/h2-9,17H,10-13H2,1H3,(H,26,27,29). The fraction of sp³-hybridized carbons (Fsp3) is 0.261. The molecule has 1 saturated heterocycles. The second-order valence-electron chi connectivity index (χ2n) is 7.71. The number of sulfonamides is 1. The summed E-state index contributed by atoms with van der Waals surface area (Å²) in [6.45, 7) is 2.27. The Morgan fingerprint density at radius 3 is 2.52 bits per heavy atom. The molecule has 0 saturated carbocycles. The molecular weight excluding hydrogens is 463 g/mol. The lowest BCUT2D eigenvalue weighted by Crippen LogP contribution is -2.41. The monoisotopic (exact) mass is 484 g/mol. The molecule has 2 heterocycles.